The molecule has 21 heavy (non-hydrogen) atoms. The molecule has 114 valence electrons. The Morgan fingerprint density at radius 3 is 2.24 bits per heavy atom. The highest BCUT2D eigenvalue weighted by Gasteiger charge is 2.10. The minimum absolute atomic E-state index is 0.246. The minimum Gasteiger partial charge on any atom is -0.484 e. The number of aryl methyl sites for hydroxylation is 1. The zero-order valence-corrected chi connectivity index (χ0v) is 12.0. The maximum Gasteiger partial charge on any atom is 0.315 e. The summed E-state index contributed by atoms with van der Waals surface area (Å²) in [5, 5.41) is 0. The van der Waals surface area contributed by atoms with Crippen LogP contribution in [0, 0.1) is 0 Å². The molecule has 0 unspecified atom stereocenters. The Bertz CT molecular complexity index is 499. The van der Waals surface area contributed by atoms with Crippen LogP contribution < -0.4 is 15.6 Å². The predicted octanol–water partition coefficient (Wildman–Crippen LogP) is 0.338. The molecule has 0 heterocycles. The third kappa shape index (κ3) is 6.42. The first kappa shape index (κ1) is 16.5. The zero-order valence-electron chi connectivity index (χ0n) is 12.0. The number of amides is 2. The largest absolute Gasteiger partial charge is 0.484 e. The molecule has 0 aromatic heterocycles. The van der Waals surface area contributed by atoms with E-state index in [1.807, 2.05) is 19.1 Å². The van der Waals surface area contributed by atoms with Crippen molar-refractivity contribution in [1.82, 2.24) is 10.9 Å². The Balaban J connectivity index is 2.27. The molecule has 0 radical (unpaired) electrons. The van der Waals surface area contributed by atoms with Crippen molar-refractivity contribution in [3.05, 3.63) is 29.8 Å². The van der Waals surface area contributed by atoms with Crippen LogP contribution in [0.1, 0.15) is 18.9 Å². The number of carbonyl (C=O) groups is 3. The highest BCUT2D eigenvalue weighted by atomic mass is 16.5. The topological polar surface area (TPSA) is 93.7 Å². The van der Waals surface area contributed by atoms with Crippen LogP contribution in [0.5, 0.6) is 5.75 Å². The Labute approximate surface area is 122 Å². The average molecular weight is 294 g/mol. The van der Waals surface area contributed by atoms with Gasteiger partial charge in [-0.1, -0.05) is 19.1 Å². The SMILES string of the molecule is CCc1ccc(OCC(=O)NNC(=O)CC(=O)OC)cc1. The summed E-state index contributed by atoms with van der Waals surface area (Å²) in [5.74, 6) is -1.33. The van der Waals surface area contributed by atoms with Crippen molar-refractivity contribution in [3.63, 3.8) is 0 Å². The van der Waals surface area contributed by atoms with Gasteiger partial charge in [-0.15, -0.1) is 0 Å². The van der Waals surface area contributed by atoms with Crippen molar-refractivity contribution in [2.45, 2.75) is 19.8 Å². The lowest BCUT2D eigenvalue weighted by Gasteiger charge is -2.08. The van der Waals surface area contributed by atoms with Crippen LogP contribution >= 0.6 is 0 Å². The van der Waals surface area contributed by atoms with Crippen molar-refractivity contribution in [1.29, 1.82) is 0 Å². The number of hydrogen-bond acceptors (Lipinski definition) is 5. The lowest BCUT2D eigenvalue weighted by Crippen LogP contribution is -2.44. The van der Waals surface area contributed by atoms with Crippen LogP contribution in [0.4, 0.5) is 0 Å². The molecular formula is C14H18N2O5. The van der Waals surface area contributed by atoms with Gasteiger partial charge in [0.15, 0.2) is 6.61 Å². The van der Waals surface area contributed by atoms with Crippen LogP contribution in [0.3, 0.4) is 0 Å². The van der Waals surface area contributed by atoms with Gasteiger partial charge in [0.05, 0.1) is 7.11 Å². The van der Waals surface area contributed by atoms with Gasteiger partial charge in [-0.05, 0) is 24.1 Å². The number of hydrazine groups is 1. The third-order valence-corrected chi connectivity index (χ3v) is 2.58. The van der Waals surface area contributed by atoms with Crippen LogP contribution in [-0.2, 0) is 25.5 Å². The fourth-order valence-electron chi connectivity index (χ4n) is 1.39. The predicted molar refractivity (Wildman–Crippen MR) is 74.2 cm³/mol. The van der Waals surface area contributed by atoms with E-state index >= 15 is 0 Å². The molecule has 0 aliphatic carbocycles. The number of methoxy groups -OCH3 is 1. The Morgan fingerprint density at radius 2 is 1.67 bits per heavy atom. The third-order valence-electron chi connectivity index (χ3n) is 2.58. The molecule has 1 aromatic rings. The van der Waals surface area contributed by atoms with Gasteiger partial charge in [0.2, 0.25) is 5.91 Å². The second-order valence-electron chi connectivity index (χ2n) is 4.14. The molecule has 0 spiro atoms. The Hall–Kier alpha value is -2.57. The van der Waals surface area contributed by atoms with E-state index in [0.717, 1.165) is 6.42 Å². The van der Waals surface area contributed by atoms with E-state index in [0.29, 0.717) is 5.75 Å². The van der Waals surface area contributed by atoms with Gasteiger partial charge in [0.1, 0.15) is 12.2 Å². The summed E-state index contributed by atoms with van der Waals surface area (Å²) in [6.07, 6.45) is 0.461. The Kier molecular flexibility index (Phi) is 6.73. The van der Waals surface area contributed by atoms with E-state index in [-0.39, 0.29) is 6.61 Å². The van der Waals surface area contributed by atoms with Gasteiger partial charge in [-0.3, -0.25) is 25.2 Å². The molecule has 0 saturated carbocycles. The number of ether oxygens (including phenoxy) is 2. The summed E-state index contributed by atoms with van der Waals surface area (Å²) in [4.78, 5) is 33.4. The van der Waals surface area contributed by atoms with Crippen LogP contribution in [0.2, 0.25) is 0 Å². The molecule has 0 bridgehead atoms. The molecule has 7 heteroatoms. The number of rotatable bonds is 6. The number of carbonyl (C=O) groups excluding carboxylic acids is 3. The summed E-state index contributed by atoms with van der Waals surface area (Å²) >= 11 is 0. The minimum atomic E-state index is -0.686. The molecule has 0 aliphatic rings. The lowest BCUT2D eigenvalue weighted by molar-refractivity contribution is -0.144. The summed E-state index contributed by atoms with van der Waals surface area (Å²) < 4.78 is 9.56. The van der Waals surface area contributed by atoms with Gasteiger partial charge in [-0.25, -0.2) is 0 Å². The van der Waals surface area contributed by atoms with Gasteiger partial charge in [0, 0.05) is 0 Å². The van der Waals surface area contributed by atoms with Gasteiger partial charge in [-0.2, -0.15) is 0 Å². The molecule has 0 fully saturated rings. The molecule has 7 nitrogen and oxygen atoms in total. The fourth-order valence-corrected chi connectivity index (χ4v) is 1.39. The van der Waals surface area contributed by atoms with Crippen molar-refractivity contribution in [2.24, 2.45) is 0 Å². The van der Waals surface area contributed by atoms with Crippen LogP contribution in [0.25, 0.3) is 0 Å². The molecule has 1 aromatic carbocycles. The Morgan fingerprint density at radius 1 is 1.05 bits per heavy atom. The van der Waals surface area contributed by atoms with Crippen LogP contribution in [0.15, 0.2) is 24.3 Å². The first-order valence-corrected chi connectivity index (χ1v) is 6.41. The van der Waals surface area contributed by atoms with Gasteiger partial charge >= 0.3 is 5.97 Å². The summed E-state index contributed by atoms with van der Waals surface area (Å²) in [6.45, 7) is 1.80. The van der Waals surface area contributed by atoms with Crippen molar-refractivity contribution >= 4 is 17.8 Å². The number of benzene rings is 1. The maximum atomic E-state index is 11.4. The normalized spacial score (nSPS) is 9.62. The molecule has 1 rings (SSSR count). The number of esters is 1. The molecule has 0 saturated heterocycles. The highest BCUT2D eigenvalue weighted by Crippen LogP contribution is 2.12. The first-order chi connectivity index (χ1) is 10.0. The van der Waals surface area contributed by atoms with Gasteiger partial charge in [0.25, 0.3) is 5.91 Å². The molecule has 0 aliphatic heterocycles. The summed E-state index contributed by atoms with van der Waals surface area (Å²) in [6, 6.07) is 7.35. The lowest BCUT2D eigenvalue weighted by atomic mass is 10.2. The maximum absolute atomic E-state index is 11.4. The summed E-state index contributed by atoms with van der Waals surface area (Å²) in [5.41, 5.74) is 5.38. The molecule has 0 atom stereocenters. The van der Waals surface area contributed by atoms with Crippen molar-refractivity contribution in [2.75, 3.05) is 13.7 Å². The average Bonchev–Trinajstić information content (AvgIpc) is 2.51. The number of hydrogen-bond donors (Lipinski definition) is 2. The highest BCUT2D eigenvalue weighted by molar-refractivity contribution is 5.95. The second-order valence-corrected chi connectivity index (χ2v) is 4.14. The van der Waals surface area contributed by atoms with Crippen molar-refractivity contribution in [3.8, 4) is 5.75 Å². The van der Waals surface area contributed by atoms with Crippen molar-refractivity contribution < 1.29 is 23.9 Å². The second kappa shape index (κ2) is 8.57. The molecule has 2 N–H and O–H groups in total. The fraction of sp³-hybridized carbons (Fsp3) is 0.357. The quantitative estimate of drug-likeness (QED) is 0.448. The van der Waals surface area contributed by atoms with Crippen LogP contribution in [-0.4, -0.2) is 31.5 Å². The first-order valence-electron chi connectivity index (χ1n) is 6.41. The van der Waals surface area contributed by atoms with E-state index in [9.17, 15) is 14.4 Å². The van der Waals surface area contributed by atoms with E-state index in [1.54, 1.807) is 12.1 Å². The standard InChI is InChI=1S/C14H18N2O5/c1-3-10-4-6-11(7-5-10)21-9-13(18)16-15-12(17)8-14(19)20-2/h4-7H,3,8-9H2,1-2H3,(H,15,17)(H,16,18). The smallest absolute Gasteiger partial charge is 0.315 e. The zero-order chi connectivity index (χ0) is 15.7. The van der Waals surface area contributed by atoms with E-state index in [2.05, 4.69) is 15.6 Å². The molecular weight excluding hydrogens is 276 g/mol. The van der Waals surface area contributed by atoms with E-state index in [1.165, 1.54) is 12.7 Å². The molecule has 2 amide bonds. The monoisotopic (exact) mass is 294 g/mol. The number of nitrogens with one attached hydrogen (secondary N) is 2. The van der Waals surface area contributed by atoms with E-state index in [4.69, 9.17) is 4.74 Å². The van der Waals surface area contributed by atoms with E-state index < -0.39 is 24.2 Å². The van der Waals surface area contributed by atoms with Gasteiger partial charge < -0.3 is 9.47 Å². The summed E-state index contributed by atoms with van der Waals surface area (Å²) in [7, 11) is 1.17.